The predicted molar refractivity (Wildman–Crippen MR) is 43.2 cm³/mol. The maximum Gasteiger partial charge on any atom is 0.0854 e. The summed E-state index contributed by atoms with van der Waals surface area (Å²) in [4.78, 5) is 6.45. The molecular weight excluding hydrogens is 126 g/mol. The van der Waals surface area contributed by atoms with Gasteiger partial charge in [-0.2, -0.15) is 0 Å². The van der Waals surface area contributed by atoms with Crippen molar-refractivity contribution < 1.29 is 0 Å². The van der Waals surface area contributed by atoms with Crippen molar-refractivity contribution in [3.8, 4) is 0 Å². The third-order valence-electron chi connectivity index (χ3n) is 1.63. The summed E-state index contributed by atoms with van der Waals surface area (Å²) in [6.45, 7) is 5.03. The number of hydrogen-bond donors (Lipinski definition) is 1. The van der Waals surface area contributed by atoms with E-state index < -0.39 is 0 Å². The molecule has 0 spiro atoms. The van der Waals surface area contributed by atoms with Crippen molar-refractivity contribution in [1.29, 1.82) is 0 Å². The van der Waals surface area contributed by atoms with Crippen LogP contribution in [0.5, 0.6) is 0 Å². The van der Waals surface area contributed by atoms with Crippen molar-refractivity contribution in [2.45, 2.75) is 19.4 Å². The van der Waals surface area contributed by atoms with Crippen molar-refractivity contribution in [3.05, 3.63) is 0 Å². The molecule has 1 heterocycles. The largest absolute Gasteiger partial charge is 0.361 e. The molecule has 3 nitrogen and oxygen atoms in total. The summed E-state index contributed by atoms with van der Waals surface area (Å²) in [5.41, 5.74) is 5.37. The Hall–Kier alpha value is -0.570. The topological polar surface area (TPSA) is 41.6 Å². The molecule has 0 aromatic heterocycles. The van der Waals surface area contributed by atoms with Crippen LogP contribution < -0.4 is 5.73 Å². The molecule has 2 N–H and O–H groups in total. The number of nitrogens with two attached hydrogens (primary N) is 1. The van der Waals surface area contributed by atoms with Crippen LogP contribution in [0.25, 0.3) is 0 Å². The van der Waals surface area contributed by atoms with Crippen LogP contribution in [0.3, 0.4) is 0 Å². The van der Waals surface area contributed by atoms with Crippen LogP contribution in [-0.2, 0) is 0 Å². The van der Waals surface area contributed by atoms with Crippen LogP contribution in [-0.4, -0.2) is 36.9 Å². The van der Waals surface area contributed by atoms with E-state index in [1.165, 1.54) is 0 Å². The van der Waals surface area contributed by atoms with Crippen molar-refractivity contribution in [3.63, 3.8) is 0 Å². The van der Waals surface area contributed by atoms with Crippen molar-refractivity contribution in [2.75, 3.05) is 19.6 Å². The molecular formula is C7H15N3. The Kier molecular flexibility index (Phi) is 2.68. The Balaban J connectivity index is 2.14. The average molecular weight is 141 g/mol. The molecule has 0 aliphatic carbocycles. The number of rotatable bonds is 3. The molecule has 1 atom stereocenters. The number of nitrogens with zero attached hydrogens (tertiary/aromatic N) is 2. The predicted octanol–water partition coefficient (Wildman–Crippen LogP) is 0.0676. The Morgan fingerprint density at radius 1 is 1.80 bits per heavy atom. The second-order valence-corrected chi connectivity index (χ2v) is 2.75. The van der Waals surface area contributed by atoms with Gasteiger partial charge < -0.3 is 10.6 Å². The summed E-state index contributed by atoms with van der Waals surface area (Å²) in [5.74, 6) is 0. The van der Waals surface area contributed by atoms with Gasteiger partial charge in [0, 0.05) is 13.1 Å². The molecule has 0 aromatic rings. The Labute approximate surface area is 61.9 Å². The van der Waals surface area contributed by atoms with Gasteiger partial charge >= 0.3 is 0 Å². The van der Waals surface area contributed by atoms with E-state index in [0.29, 0.717) is 6.04 Å². The smallest absolute Gasteiger partial charge is 0.0854 e. The minimum atomic E-state index is 0.484. The lowest BCUT2D eigenvalue weighted by Crippen LogP contribution is -2.24. The van der Waals surface area contributed by atoms with E-state index in [4.69, 9.17) is 5.73 Å². The molecule has 3 heteroatoms. The standard InChI is InChI=1S/C7H15N3/c1-7-5-10(6-9-7)4-2-3-8/h6-7H,2-5,8H2,1H3. The fourth-order valence-corrected chi connectivity index (χ4v) is 1.09. The van der Waals surface area contributed by atoms with E-state index in [1.807, 2.05) is 6.34 Å². The fourth-order valence-electron chi connectivity index (χ4n) is 1.09. The van der Waals surface area contributed by atoms with E-state index in [0.717, 1.165) is 26.1 Å². The molecule has 0 bridgehead atoms. The first-order valence-corrected chi connectivity index (χ1v) is 3.80. The fraction of sp³-hybridized carbons (Fsp3) is 0.857. The summed E-state index contributed by atoms with van der Waals surface area (Å²) in [6.07, 6.45) is 3.00. The molecule has 0 fully saturated rings. The molecule has 1 aliphatic heterocycles. The molecule has 58 valence electrons. The minimum absolute atomic E-state index is 0.484. The molecule has 0 radical (unpaired) electrons. The second-order valence-electron chi connectivity index (χ2n) is 2.75. The summed E-state index contributed by atoms with van der Waals surface area (Å²) in [5, 5.41) is 0. The van der Waals surface area contributed by atoms with Crippen LogP contribution in [0.2, 0.25) is 0 Å². The Morgan fingerprint density at radius 3 is 3.10 bits per heavy atom. The Bertz CT molecular complexity index is 122. The van der Waals surface area contributed by atoms with Gasteiger partial charge in [0.15, 0.2) is 0 Å². The van der Waals surface area contributed by atoms with E-state index >= 15 is 0 Å². The molecule has 1 aliphatic rings. The first kappa shape index (κ1) is 7.54. The molecule has 0 saturated heterocycles. The van der Waals surface area contributed by atoms with Gasteiger partial charge in [-0.05, 0) is 19.9 Å². The molecule has 0 amide bonds. The van der Waals surface area contributed by atoms with Crippen molar-refractivity contribution >= 4 is 6.34 Å². The van der Waals surface area contributed by atoms with E-state index in [1.54, 1.807) is 0 Å². The first-order valence-electron chi connectivity index (χ1n) is 3.80. The SMILES string of the molecule is CC1CN(CCCN)C=N1. The molecule has 0 aromatic carbocycles. The zero-order valence-corrected chi connectivity index (χ0v) is 6.45. The van der Waals surface area contributed by atoms with Gasteiger partial charge in [0.25, 0.3) is 0 Å². The van der Waals surface area contributed by atoms with Gasteiger partial charge in [-0.1, -0.05) is 0 Å². The monoisotopic (exact) mass is 141 g/mol. The minimum Gasteiger partial charge on any atom is -0.361 e. The third-order valence-corrected chi connectivity index (χ3v) is 1.63. The van der Waals surface area contributed by atoms with Crippen LogP contribution in [0, 0.1) is 0 Å². The molecule has 0 saturated carbocycles. The van der Waals surface area contributed by atoms with Gasteiger partial charge in [0.2, 0.25) is 0 Å². The molecule has 1 rings (SSSR count). The van der Waals surface area contributed by atoms with Gasteiger partial charge in [0.1, 0.15) is 0 Å². The van der Waals surface area contributed by atoms with E-state index in [-0.39, 0.29) is 0 Å². The highest BCUT2D eigenvalue weighted by atomic mass is 15.2. The lowest BCUT2D eigenvalue weighted by Gasteiger charge is -2.13. The maximum absolute atomic E-state index is 5.37. The number of hydrogen-bond acceptors (Lipinski definition) is 3. The maximum atomic E-state index is 5.37. The summed E-state index contributed by atoms with van der Waals surface area (Å²) >= 11 is 0. The van der Waals surface area contributed by atoms with Crippen LogP contribution in [0.4, 0.5) is 0 Å². The lowest BCUT2D eigenvalue weighted by atomic mass is 10.3. The lowest BCUT2D eigenvalue weighted by molar-refractivity contribution is 0.433. The number of aliphatic imine (C=N–C) groups is 1. The van der Waals surface area contributed by atoms with Gasteiger partial charge in [-0.25, -0.2) is 0 Å². The zero-order valence-electron chi connectivity index (χ0n) is 6.45. The van der Waals surface area contributed by atoms with E-state index in [2.05, 4.69) is 16.8 Å². The highest BCUT2D eigenvalue weighted by Gasteiger charge is 2.10. The summed E-state index contributed by atoms with van der Waals surface area (Å²) < 4.78 is 0. The highest BCUT2D eigenvalue weighted by Crippen LogP contribution is 2.01. The summed E-state index contributed by atoms with van der Waals surface area (Å²) in [6, 6.07) is 0.484. The van der Waals surface area contributed by atoms with Crippen LogP contribution in [0.15, 0.2) is 4.99 Å². The quantitative estimate of drug-likeness (QED) is 0.604. The van der Waals surface area contributed by atoms with Gasteiger partial charge in [-0.3, -0.25) is 4.99 Å². The van der Waals surface area contributed by atoms with Gasteiger partial charge in [-0.15, -0.1) is 0 Å². The van der Waals surface area contributed by atoms with Crippen molar-refractivity contribution in [2.24, 2.45) is 10.7 Å². The second kappa shape index (κ2) is 3.56. The third kappa shape index (κ3) is 1.99. The first-order chi connectivity index (χ1) is 4.83. The normalized spacial score (nSPS) is 24.2. The van der Waals surface area contributed by atoms with Crippen LogP contribution >= 0.6 is 0 Å². The highest BCUT2D eigenvalue weighted by molar-refractivity contribution is 5.57. The van der Waals surface area contributed by atoms with Gasteiger partial charge in [0.05, 0.1) is 12.4 Å². The van der Waals surface area contributed by atoms with Crippen LogP contribution in [0.1, 0.15) is 13.3 Å². The Morgan fingerprint density at radius 2 is 2.60 bits per heavy atom. The van der Waals surface area contributed by atoms with E-state index in [9.17, 15) is 0 Å². The zero-order chi connectivity index (χ0) is 7.40. The average Bonchev–Trinajstić information content (AvgIpc) is 2.31. The molecule has 1 unspecified atom stereocenters. The summed E-state index contributed by atoms with van der Waals surface area (Å²) in [7, 11) is 0. The molecule has 10 heavy (non-hydrogen) atoms. The van der Waals surface area contributed by atoms with Crippen molar-refractivity contribution in [1.82, 2.24) is 4.90 Å².